The van der Waals surface area contributed by atoms with Crippen LogP contribution in [-0.2, 0) is 24.7 Å². The van der Waals surface area contributed by atoms with E-state index in [1.54, 1.807) is 7.11 Å². The monoisotopic (exact) mass is 694 g/mol. The molecule has 1 heterocycles. The zero-order valence-corrected chi connectivity index (χ0v) is 32.2. The summed E-state index contributed by atoms with van der Waals surface area (Å²) in [6.45, 7) is 13.9. The summed E-state index contributed by atoms with van der Waals surface area (Å²) in [6, 6.07) is 31.2. The third kappa shape index (κ3) is 6.98. The molecule has 4 nitrogen and oxygen atoms in total. The molecule has 260 valence electrons. The molecule has 2 fully saturated rings. The van der Waals surface area contributed by atoms with E-state index in [1.165, 1.54) is 21.5 Å². The van der Waals surface area contributed by atoms with Crippen LogP contribution in [0.2, 0.25) is 5.04 Å². The Hall–Kier alpha value is -3.05. The van der Waals surface area contributed by atoms with Crippen LogP contribution in [0.4, 0.5) is 0 Å². The number of allylic oxidation sites excluding steroid dienone is 3. The molecule has 6 atom stereocenters. The van der Waals surface area contributed by atoms with Gasteiger partial charge in [0.25, 0.3) is 8.32 Å². The minimum atomic E-state index is -2.65. The van der Waals surface area contributed by atoms with Gasteiger partial charge in [-0.15, -0.1) is 6.42 Å². The fourth-order valence-electron chi connectivity index (χ4n) is 8.54. The van der Waals surface area contributed by atoms with Gasteiger partial charge in [-0.3, -0.25) is 4.21 Å². The number of hydrogen-bond acceptors (Lipinski definition) is 4. The van der Waals surface area contributed by atoms with Gasteiger partial charge in [-0.05, 0) is 79.9 Å². The lowest BCUT2D eigenvalue weighted by atomic mass is 9.48. The normalized spacial score (nSPS) is 25.9. The van der Waals surface area contributed by atoms with Gasteiger partial charge in [0.2, 0.25) is 0 Å². The largest absolute Gasteiger partial charge is 0.404 e. The van der Waals surface area contributed by atoms with E-state index in [2.05, 4.69) is 120 Å². The molecule has 3 aromatic carbocycles. The third-order valence-corrected chi connectivity index (χ3v) is 17.8. The number of fused-ring (bicyclic) bond motifs is 1. The first-order chi connectivity index (χ1) is 23.5. The second-order valence-corrected chi connectivity index (χ2v) is 21.1. The van der Waals surface area contributed by atoms with Gasteiger partial charge >= 0.3 is 0 Å². The second-order valence-electron chi connectivity index (χ2n) is 15.1. The Balaban J connectivity index is 1.44. The molecule has 0 amide bonds. The number of ether oxygens (including phenoxy) is 2. The fraction of sp³-hybridized carbons (Fsp3) is 0.442. The van der Waals surface area contributed by atoms with Crippen molar-refractivity contribution in [3.8, 4) is 12.3 Å². The van der Waals surface area contributed by atoms with Crippen molar-refractivity contribution in [2.45, 2.75) is 101 Å². The van der Waals surface area contributed by atoms with Crippen molar-refractivity contribution in [3.63, 3.8) is 0 Å². The van der Waals surface area contributed by atoms with Crippen LogP contribution in [-0.4, -0.2) is 43.4 Å². The highest BCUT2D eigenvalue weighted by Gasteiger charge is 2.76. The molecule has 5 rings (SSSR count). The van der Waals surface area contributed by atoms with Crippen LogP contribution in [0.3, 0.4) is 0 Å². The van der Waals surface area contributed by atoms with Crippen LogP contribution < -0.4 is 10.4 Å². The smallest absolute Gasteiger partial charge is 0.261 e. The van der Waals surface area contributed by atoms with E-state index in [4.69, 9.17) is 20.3 Å². The Kier molecular flexibility index (Phi) is 11.7. The van der Waals surface area contributed by atoms with Crippen LogP contribution in [0.5, 0.6) is 0 Å². The van der Waals surface area contributed by atoms with Crippen molar-refractivity contribution in [2.24, 2.45) is 11.3 Å². The van der Waals surface area contributed by atoms with Gasteiger partial charge in [0.1, 0.15) is 4.75 Å². The van der Waals surface area contributed by atoms with E-state index < -0.39 is 23.9 Å². The summed E-state index contributed by atoms with van der Waals surface area (Å²) in [4.78, 5) is 0.749. The molecule has 1 aliphatic heterocycles. The molecule has 3 aromatic rings. The molecule has 1 saturated carbocycles. The van der Waals surface area contributed by atoms with Crippen molar-refractivity contribution in [3.05, 3.63) is 114 Å². The Morgan fingerprint density at radius 2 is 1.53 bits per heavy atom. The van der Waals surface area contributed by atoms with Gasteiger partial charge in [-0.2, -0.15) is 0 Å². The number of terminal acetylenes is 1. The number of hydrogen-bond donors (Lipinski definition) is 0. The molecule has 0 aromatic heterocycles. The maximum Gasteiger partial charge on any atom is 0.261 e. The van der Waals surface area contributed by atoms with E-state index in [1.807, 2.05) is 30.3 Å². The first-order valence-electron chi connectivity index (χ1n) is 17.6. The second kappa shape index (κ2) is 15.5. The Morgan fingerprint density at radius 1 is 0.959 bits per heavy atom. The van der Waals surface area contributed by atoms with Gasteiger partial charge in [-0.1, -0.05) is 129 Å². The summed E-state index contributed by atoms with van der Waals surface area (Å²) in [5.74, 6) is 3.11. The van der Waals surface area contributed by atoms with E-state index >= 15 is 0 Å². The predicted octanol–water partition coefficient (Wildman–Crippen LogP) is 8.59. The van der Waals surface area contributed by atoms with Crippen LogP contribution in [0.25, 0.3) is 0 Å². The highest BCUT2D eigenvalue weighted by atomic mass is 32.2. The average Bonchev–Trinajstić information content (AvgIpc) is 3.43. The molecular weight excluding hydrogens is 641 g/mol. The molecule has 0 radical (unpaired) electrons. The minimum absolute atomic E-state index is 0.00250. The lowest BCUT2D eigenvalue weighted by molar-refractivity contribution is -0.163. The summed E-state index contributed by atoms with van der Waals surface area (Å²) in [7, 11) is -2.41. The Bertz CT molecular complexity index is 1630. The molecular formula is C43H54O4SSi. The van der Waals surface area contributed by atoms with Gasteiger partial charge in [0, 0.05) is 23.8 Å². The molecule has 1 aliphatic carbocycles. The first-order valence-corrected chi connectivity index (χ1v) is 20.7. The van der Waals surface area contributed by atoms with Crippen LogP contribution >= 0.6 is 0 Å². The molecule has 0 N–H and O–H groups in total. The van der Waals surface area contributed by atoms with Crippen molar-refractivity contribution in [2.75, 3.05) is 13.7 Å². The van der Waals surface area contributed by atoms with Crippen molar-refractivity contribution in [1.29, 1.82) is 0 Å². The summed E-state index contributed by atoms with van der Waals surface area (Å²) in [5, 5.41) is 2.45. The van der Waals surface area contributed by atoms with E-state index in [-0.39, 0.29) is 28.8 Å². The summed E-state index contributed by atoms with van der Waals surface area (Å²) >= 11 is 0. The van der Waals surface area contributed by atoms with Crippen LogP contribution in [0, 0.1) is 23.7 Å². The van der Waals surface area contributed by atoms with Crippen molar-refractivity contribution in [1.82, 2.24) is 0 Å². The number of methoxy groups -OCH3 is 1. The van der Waals surface area contributed by atoms with Gasteiger partial charge in [0.05, 0.1) is 23.5 Å². The lowest BCUT2D eigenvalue weighted by Crippen LogP contribution is -2.72. The molecule has 2 aliphatic rings. The standard InChI is InChI=1S/C43H54O4SSi/c1-9-43(48(44)35-21-13-10-14-22-35)38(42(30-19-20-33(2)3)32-39(45-8)47-40(42)43)28-27-34(4)29-31-46-49(41(5,6)7,36-23-15-11-16-24-36)37-25-17-12-18-26-37/h1,10-18,20-26,29,38-40H,19,27-28,30-32H2,2-8H3/b34-29+/t38-,39?,40+,42+,43?,48?/m1/s1. The molecule has 1 saturated heterocycles. The van der Waals surface area contributed by atoms with E-state index in [0.717, 1.165) is 37.0 Å². The zero-order chi connectivity index (χ0) is 35.3. The van der Waals surface area contributed by atoms with Gasteiger partial charge < -0.3 is 13.9 Å². The van der Waals surface area contributed by atoms with E-state index in [9.17, 15) is 4.21 Å². The van der Waals surface area contributed by atoms with Crippen molar-refractivity contribution < 1.29 is 18.1 Å². The fourth-order valence-corrected chi connectivity index (χ4v) is 15.0. The van der Waals surface area contributed by atoms with Crippen molar-refractivity contribution >= 4 is 29.5 Å². The summed E-state index contributed by atoms with van der Waals surface area (Å²) < 4.78 is 33.1. The Morgan fingerprint density at radius 3 is 2.04 bits per heavy atom. The minimum Gasteiger partial charge on any atom is -0.404 e. The third-order valence-electron chi connectivity index (χ3n) is 10.8. The average molecular weight is 695 g/mol. The maximum absolute atomic E-state index is 14.5. The highest BCUT2D eigenvalue weighted by Crippen LogP contribution is 2.68. The molecule has 6 heteroatoms. The van der Waals surface area contributed by atoms with Gasteiger partial charge in [-0.25, -0.2) is 0 Å². The first kappa shape index (κ1) is 37.2. The molecule has 0 spiro atoms. The highest BCUT2D eigenvalue weighted by molar-refractivity contribution is 7.87. The predicted molar refractivity (Wildman–Crippen MR) is 206 cm³/mol. The molecule has 49 heavy (non-hydrogen) atoms. The van der Waals surface area contributed by atoms with Crippen LogP contribution in [0.15, 0.2) is 119 Å². The number of rotatable bonds is 14. The Labute approximate surface area is 298 Å². The molecule has 3 unspecified atom stereocenters. The van der Waals surface area contributed by atoms with Gasteiger partial charge in [0.15, 0.2) is 6.29 Å². The topological polar surface area (TPSA) is 44.8 Å². The zero-order valence-electron chi connectivity index (χ0n) is 30.4. The lowest BCUT2D eigenvalue weighted by Gasteiger charge is -2.62. The quantitative estimate of drug-likeness (QED) is 0.0964. The summed E-state index contributed by atoms with van der Waals surface area (Å²) in [6.07, 6.45) is 14.5. The SMILES string of the molecule is C#CC1(S(=O)c2ccccc2)[C@H]2OC(OC)C[C@@]2(CCC=C(C)C)[C@H]1CC/C(C)=C/CO[Si](c1ccccc1)(c1ccccc1)C(C)(C)C. The van der Waals surface area contributed by atoms with Crippen LogP contribution in [0.1, 0.15) is 73.6 Å². The van der Waals surface area contributed by atoms with E-state index in [0.29, 0.717) is 6.61 Å². The number of benzene rings is 3. The summed E-state index contributed by atoms with van der Waals surface area (Å²) in [5.41, 5.74) is 2.33. The maximum atomic E-state index is 14.5. The molecule has 0 bridgehead atoms.